The van der Waals surface area contributed by atoms with Crippen molar-refractivity contribution in [3.05, 3.63) is 29.8 Å². The summed E-state index contributed by atoms with van der Waals surface area (Å²) in [7, 11) is -3.42. The molecule has 0 aliphatic carbocycles. The molecule has 7 nitrogen and oxygen atoms in total. The maximum atomic E-state index is 12.5. The highest BCUT2D eigenvalue weighted by Gasteiger charge is 2.27. The molecule has 2 amide bonds. The van der Waals surface area contributed by atoms with Gasteiger partial charge in [-0.15, -0.1) is 0 Å². The Morgan fingerprint density at radius 3 is 2.21 bits per heavy atom. The van der Waals surface area contributed by atoms with Crippen LogP contribution in [0.1, 0.15) is 52.5 Å². The first-order valence-corrected chi connectivity index (χ1v) is 11.1. The van der Waals surface area contributed by atoms with Crippen molar-refractivity contribution in [2.45, 2.75) is 69.9 Å². The van der Waals surface area contributed by atoms with Gasteiger partial charge in [0.1, 0.15) is 6.04 Å². The van der Waals surface area contributed by atoms with Crippen LogP contribution in [0.25, 0.3) is 0 Å². The van der Waals surface area contributed by atoms with Crippen molar-refractivity contribution in [3.63, 3.8) is 0 Å². The molecule has 1 fully saturated rings. The summed E-state index contributed by atoms with van der Waals surface area (Å²) in [6.45, 7) is 8.44. The largest absolute Gasteiger partial charge is 0.350 e. The lowest BCUT2D eigenvalue weighted by molar-refractivity contribution is -0.129. The maximum absolute atomic E-state index is 12.5. The van der Waals surface area contributed by atoms with Crippen LogP contribution >= 0.6 is 0 Å². The third kappa shape index (κ3) is 6.31. The second-order valence-corrected chi connectivity index (χ2v) is 10.2. The minimum Gasteiger partial charge on any atom is -0.350 e. The Kier molecular flexibility index (Phi) is 7.22. The molecule has 2 N–H and O–H groups in total. The number of hydrogen-bond acceptors (Lipinski definition) is 4. The van der Waals surface area contributed by atoms with E-state index in [1.54, 1.807) is 31.2 Å². The molecule has 1 aliphatic rings. The standard InChI is InChI=1S/C20H31N3O4S/c1-15(19(25)22-20(2,3)4)21-18(24)12-9-16-7-10-17(11-8-16)28(26,27)23-13-5-6-14-23/h7-8,10-11,15H,5-6,9,12-14H2,1-4H3,(H,21,24)(H,22,25). The Morgan fingerprint density at radius 2 is 1.68 bits per heavy atom. The smallest absolute Gasteiger partial charge is 0.243 e. The summed E-state index contributed by atoms with van der Waals surface area (Å²) in [5.74, 6) is -0.442. The van der Waals surface area contributed by atoms with Gasteiger partial charge in [0.2, 0.25) is 21.8 Å². The summed E-state index contributed by atoms with van der Waals surface area (Å²) in [6.07, 6.45) is 2.51. The van der Waals surface area contributed by atoms with Crippen LogP contribution in [0, 0.1) is 0 Å². The van der Waals surface area contributed by atoms with Crippen molar-refractivity contribution >= 4 is 21.8 Å². The molecule has 2 rings (SSSR count). The maximum Gasteiger partial charge on any atom is 0.243 e. The molecule has 0 aromatic heterocycles. The fourth-order valence-corrected chi connectivity index (χ4v) is 4.54. The zero-order chi connectivity index (χ0) is 20.9. The lowest BCUT2D eigenvalue weighted by Crippen LogP contribution is -2.50. The molecule has 0 bridgehead atoms. The highest BCUT2D eigenvalue weighted by atomic mass is 32.2. The molecular weight excluding hydrogens is 378 g/mol. The second-order valence-electron chi connectivity index (χ2n) is 8.28. The average Bonchev–Trinajstić information content (AvgIpc) is 3.14. The van der Waals surface area contributed by atoms with Gasteiger partial charge in [-0.05, 0) is 64.7 Å². The van der Waals surface area contributed by atoms with E-state index in [-0.39, 0.29) is 28.7 Å². The van der Waals surface area contributed by atoms with Crippen LogP contribution in [0.3, 0.4) is 0 Å². The molecule has 0 saturated carbocycles. The summed E-state index contributed by atoms with van der Waals surface area (Å²) in [5, 5.41) is 5.52. The van der Waals surface area contributed by atoms with Crippen LogP contribution in [-0.2, 0) is 26.0 Å². The lowest BCUT2D eigenvalue weighted by Gasteiger charge is -2.23. The van der Waals surface area contributed by atoms with Gasteiger partial charge in [-0.25, -0.2) is 8.42 Å². The molecule has 0 radical (unpaired) electrons. The summed E-state index contributed by atoms with van der Waals surface area (Å²) in [5.41, 5.74) is 0.523. The predicted molar refractivity (Wildman–Crippen MR) is 108 cm³/mol. The number of benzene rings is 1. The normalized spacial score (nSPS) is 16.6. The molecule has 156 valence electrons. The summed E-state index contributed by atoms with van der Waals surface area (Å²) >= 11 is 0. The SMILES string of the molecule is CC(NC(=O)CCc1ccc(S(=O)(=O)N2CCCC2)cc1)C(=O)NC(C)(C)C. The van der Waals surface area contributed by atoms with Crippen molar-refractivity contribution < 1.29 is 18.0 Å². The first kappa shape index (κ1) is 22.4. The van der Waals surface area contributed by atoms with E-state index >= 15 is 0 Å². The van der Waals surface area contributed by atoms with Crippen LogP contribution in [0.4, 0.5) is 0 Å². The van der Waals surface area contributed by atoms with E-state index < -0.39 is 16.1 Å². The molecule has 1 aliphatic heterocycles. The third-order valence-electron chi connectivity index (χ3n) is 4.54. The highest BCUT2D eigenvalue weighted by Crippen LogP contribution is 2.21. The van der Waals surface area contributed by atoms with Gasteiger partial charge in [0, 0.05) is 25.0 Å². The van der Waals surface area contributed by atoms with Crippen LogP contribution in [0.2, 0.25) is 0 Å². The number of nitrogens with one attached hydrogen (secondary N) is 2. The van der Waals surface area contributed by atoms with Crippen LogP contribution in [-0.4, -0.2) is 49.2 Å². The fraction of sp³-hybridized carbons (Fsp3) is 0.600. The van der Waals surface area contributed by atoms with Gasteiger partial charge in [-0.3, -0.25) is 9.59 Å². The third-order valence-corrected chi connectivity index (χ3v) is 6.45. The number of nitrogens with zero attached hydrogens (tertiary/aromatic N) is 1. The first-order valence-electron chi connectivity index (χ1n) is 9.69. The molecule has 8 heteroatoms. The van der Waals surface area contributed by atoms with E-state index in [1.165, 1.54) is 4.31 Å². The van der Waals surface area contributed by atoms with Crippen LogP contribution in [0.15, 0.2) is 29.2 Å². The van der Waals surface area contributed by atoms with Gasteiger partial charge in [0.05, 0.1) is 4.90 Å². The topological polar surface area (TPSA) is 95.6 Å². The van der Waals surface area contributed by atoms with E-state index in [4.69, 9.17) is 0 Å². The molecule has 1 unspecified atom stereocenters. The highest BCUT2D eigenvalue weighted by molar-refractivity contribution is 7.89. The predicted octanol–water partition coefficient (Wildman–Crippen LogP) is 1.82. The van der Waals surface area contributed by atoms with E-state index in [0.29, 0.717) is 19.5 Å². The van der Waals surface area contributed by atoms with Crippen LogP contribution in [0.5, 0.6) is 0 Å². The number of carbonyl (C=O) groups excluding carboxylic acids is 2. The Balaban J connectivity index is 1.86. The van der Waals surface area contributed by atoms with Gasteiger partial charge in [-0.2, -0.15) is 4.31 Å². The first-order chi connectivity index (χ1) is 13.0. The molecule has 28 heavy (non-hydrogen) atoms. The molecule has 0 spiro atoms. The van der Waals surface area contributed by atoms with Crippen molar-refractivity contribution in [3.8, 4) is 0 Å². The van der Waals surface area contributed by atoms with Gasteiger partial charge >= 0.3 is 0 Å². The molecule has 1 aromatic rings. The van der Waals surface area contributed by atoms with E-state index in [0.717, 1.165) is 18.4 Å². The number of hydrogen-bond donors (Lipinski definition) is 2. The number of aryl methyl sites for hydroxylation is 1. The minimum absolute atomic E-state index is 0.217. The van der Waals surface area contributed by atoms with E-state index in [9.17, 15) is 18.0 Å². The van der Waals surface area contributed by atoms with Gasteiger partial charge in [0.15, 0.2) is 0 Å². The van der Waals surface area contributed by atoms with Gasteiger partial charge in [-0.1, -0.05) is 12.1 Å². The van der Waals surface area contributed by atoms with Crippen molar-refractivity contribution in [2.24, 2.45) is 0 Å². The minimum atomic E-state index is -3.42. The van der Waals surface area contributed by atoms with Crippen molar-refractivity contribution in [1.82, 2.24) is 14.9 Å². The zero-order valence-corrected chi connectivity index (χ0v) is 17.9. The molecule has 1 aromatic carbocycles. The van der Waals surface area contributed by atoms with E-state index in [1.807, 2.05) is 20.8 Å². The Morgan fingerprint density at radius 1 is 1.11 bits per heavy atom. The average molecular weight is 410 g/mol. The van der Waals surface area contributed by atoms with Crippen molar-refractivity contribution in [1.29, 1.82) is 0 Å². The molecular formula is C20H31N3O4S. The van der Waals surface area contributed by atoms with Gasteiger partial charge < -0.3 is 10.6 Å². The Labute approximate surface area is 167 Å². The fourth-order valence-electron chi connectivity index (χ4n) is 3.02. The quantitative estimate of drug-likeness (QED) is 0.718. The van der Waals surface area contributed by atoms with Gasteiger partial charge in [0.25, 0.3) is 0 Å². The zero-order valence-electron chi connectivity index (χ0n) is 17.1. The lowest BCUT2D eigenvalue weighted by atomic mass is 10.1. The Hall–Kier alpha value is -1.93. The summed E-state index contributed by atoms with van der Waals surface area (Å²) < 4.78 is 26.6. The molecule has 1 heterocycles. The number of amides is 2. The molecule has 1 saturated heterocycles. The second kappa shape index (κ2) is 9.05. The van der Waals surface area contributed by atoms with E-state index in [2.05, 4.69) is 10.6 Å². The Bertz CT molecular complexity index is 792. The number of carbonyl (C=O) groups is 2. The number of rotatable bonds is 7. The van der Waals surface area contributed by atoms with Crippen molar-refractivity contribution in [2.75, 3.05) is 13.1 Å². The summed E-state index contributed by atoms with van der Waals surface area (Å²) in [4.78, 5) is 24.4. The summed E-state index contributed by atoms with van der Waals surface area (Å²) in [6, 6.07) is 6.07. The van der Waals surface area contributed by atoms with Crippen LogP contribution < -0.4 is 10.6 Å². The molecule has 1 atom stereocenters. The number of sulfonamides is 1. The monoisotopic (exact) mass is 409 g/mol.